The second-order valence-electron chi connectivity index (χ2n) is 3.67. The van der Waals surface area contributed by atoms with E-state index in [0.29, 0.717) is 17.2 Å². The Bertz CT molecular complexity index is 561. The van der Waals surface area contributed by atoms with Gasteiger partial charge >= 0.3 is 0 Å². The highest BCUT2D eigenvalue weighted by Gasteiger charge is 2.14. The minimum Gasteiger partial charge on any atom is -0.389 e. The van der Waals surface area contributed by atoms with E-state index in [0.717, 1.165) is 0 Å². The number of anilines is 1. The molecule has 106 valence electrons. The number of sulfonamides is 1. The summed E-state index contributed by atoms with van der Waals surface area (Å²) in [5, 5.41) is 0.391. The van der Waals surface area contributed by atoms with Gasteiger partial charge in [-0.15, -0.1) is 0 Å². The van der Waals surface area contributed by atoms with Crippen molar-refractivity contribution in [2.45, 2.75) is 6.92 Å². The minimum absolute atomic E-state index is 0.0965. The van der Waals surface area contributed by atoms with Gasteiger partial charge in [0.2, 0.25) is 10.0 Å². The first kappa shape index (κ1) is 16.2. The quantitative estimate of drug-likeness (QED) is 0.590. The molecule has 3 N–H and O–H groups in total. The molecule has 0 radical (unpaired) electrons. The van der Waals surface area contributed by atoms with E-state index in [2.05, 4.69) is 4.72 Å². The summed E-state index contributed by atoms with van der Waals surface area (Å²) < 4.78 is 31.1. The van der Waals surface area contributed by atoms with Crippen LogP contribution in [0.15, 0.2) is 18.2 Å². The second-order valence-corrected chi connectivity index (χ2v) is 6.39. The molecule has 0 saturated carbocycles. The van der Waals surface area contributed by atoms with Crippen molar-refractivity contribution < 1.29 is 13.2 Å². The van der Waals surface area contributed by atoms with Crippen molar-refractivity contribution in [3.05, 3.63) is 28.8 Å². The molecule has 0 aliphatic heterocycles. The van der Waals surface area contributed by atoms with E-state index in [9.17, 15) is 8.42 Å². The van der Waals surface area contributed by atoms with Crippen LogP contribution in [0.3, 0.4) is 0 Å². The second kappa shape index (κ2) is 7.04. The van der Waals surface area contributed by atoms with Gasteiger partial charge in [-0.05, 0) is 25.1 Å². The molecule has 1 aromatic carbocycles. The van der Waals surface area contributed by atoms with Crippen molar-refractivity contribution in [1.82, 2.24) is 0 Å². The van der Waals surface area contributed by atoms with E-state index in [1.807, 2.05) is 0 Å². The third-order valence-electron chi connectivity index (χ3n) is 2.21. The molecule has 0 aliphatic rings. The van der Waals surface area contributed by atoms with Crippen molar-refractivity contribution in [2.24, 2.45) is 5.73 Å². The highest BCUT2D eigenvalue weighted by Crippen LogP contribution is 2.22. The van der Waals surface area contributed by atoms with Crippen molar-refractivity contribution >= 4 is 44.5 Å². The molecule has 19 heavy (non-hydrogen) atoms. The molecule has 0 bridgehead atoms. The summed E-state index contributed by atoms with van der Waals surface area (Å²) in [6.07, 6.45) is 0. The van der Waals surface area contributed by atoms with Gasteiger partial charge in [-0.1, -0.05) is 23.8 Å². The van der Waals surface area contributed by atoms with Gasteiger partial charge in [0.05, 0.1) is 18.0 Å². The number of halogens is 1. The zero-order valence-electron chi connectivity index (χ0n) is 10.3. The molecule has 0 aromatic heterocycles. The average Bonchev–Trinajstić information content (AvgIpc) is 2.28. The van der Waals surface area contributed by atoms with E-state index < -0.39 is 10.0 Å². The standard InChI is InChI=1S/C11H15ClN2O3S2/c1-2-17-5-6-19(15,16)14-10-7-8(12)3-4-9(10)11(13)18/h3-4,7,14H,2,5-6H2,1H3,(H2,13,18). The Morgan fingerprint density at radius 2 is 2.21 bits per heavy atom. The Labute approximate surface area is 123 Å². The third kappa shape index (κ3) is 5.32. The van der Waals surface area contributed by atoms with Crippen LogP contribution in [0, 0.1) is 0 Å². The van der Waals surface area contributed by atoms with E-state index in [4.69, 9.17) is 34.3 Å². The van der Waals surface area contributed by atoms with Crippen LogP contribution < -0.4 is 10.5 Å². The number of ether oxygens (including phenoxy) is 1. The number of nitrogens with two attached hydrogens (primary N) is 1. The summed E-state index contributed by atoms with van der Waals surface area (Å²) >= 11 is 10.7. The lowest BCUT2D eigenvalue weighted by molar-refractivity contribution is 0.163. The molecule has 0 unspecified atom stereocenters. The van der Waals surface area contributed by atoms with Crippen LogP contribution in [0.5, 0.6) is 0 Å². The molecule has 0 fully saturated rings. The van der Waals surface area contributed by atoms with Gasteiger partial charge < -0.3 is 10.5 Å². The van der Waals surface area contributed by atoms with Crippen LogP contribution in [0.1, 0.15) is 12.5 Å². The Hall–Kier alpha value is -0.890. The lowest BCUT2D eigenvalue weighted by Crippen LogP contribution is -2.22. The molecule has 0 heterocycles. The zero-order chi connectivity index (χ0) is 14.5. The van der Waals surface area contributed by atoms with Gasteiger partial charge in [0.1, 0.15) is 4.99 Å². The molecule has 5 nitrogen and oxygen atoms in total. The molecular formula is C11H15ClN2O3S2. The smallest absolute Gasteiger partial charge is 0.235 e. The minimum atomic E-state index is -3.53. The fourth-order valence-corrected chi connectivity index (χ4v) is 2.64. The molecule has 0 amide bonds. The summed E-state index contributed by atoms with van der Waals surface area (Å²) in [6, 6.07) is 4.63. The number of benzene rings is 1. The number of hydrogen-bond acceptors (Lipinski definition) is 4. The molecule has 0 saturated heterocycles. The zero-order valence-corrected chi connectivity index (χ0v) is 12.7. The summed E-state index contributed by atoms with van der Waals surface area (Å²) in [5.41, 5.74) is 6.24. The summed E-state index contributed by atoms with van der Waals surface area (Å²) in [5.74, 6) is -0.149. The largest absolute Gasteiger partial charge is 0.389 e. The van der Waals surface area contributed by atoms with E-state index in [1.54, 1.807) is 19.1 Å². The van der Waals surface area contributed by atoms with Crippen molar-refractivity contribution in [1.29, 1.82) is 0 Å². The molecule has 8 heteroatoms. The Kier molecular flexibility index (Phi) is 5.99. The Morgan fingerprint density at radius 1 is 1.53 bits per heavy atom. The van der Waals surface area contributed by atoms with Gasteiger partial charge in [-0.3, -0.25) is 4.72 Å². The average molecular weight is 323 g/mol. The molecule has 0 aliphatic carbocycles. The Balaban J connectivity index is 2.92. The van der Waals surface area contributed by atoms with Crippen LogP contribution in [0.25, 0.3) is 0 Å². The Morgan fingerprint density at radius 3 is 2.79 bits per heavy atom. The highest BCUT2D eigenvalue weighted by atomic mass is 35.5. The van der Waals surface area contributed by atoms with Crippen LogP contribution in [0.4, 0.5) is 5.69 Å². The van der Waals surface area contributed by atoms with Gasteiger partial charge in [0.15, 0.2) is 0 Å². The van der Waals surface area contributed by atoms with Crippen LogP contribution in [-0.4, -0.2) is 32.4 Å². The van der Waals surface area contributed by atoms with E-state index in [-0.39, 0.29) is 23.0 Å². The molecule has 1 aromatic rings. The lowest BCUT2D eigenvalue weighted by atomic mass is 10.2. The number of thiocarbonyl (C=S) groups is 1. The first-order chi connectivity index (χ1) is 8.85. The van der Waals surface area contributed by atoms with Gasteiger partial charge in [0, 0.05) is 17.2 Å². The number of hydrogen-bond donors (Lipinski definition) is 2. The van der Waals surface area contributed by atoms with Crippen molar-refractivity contribution in [3.63, 3.8) is 0 Å². The van der Waals surface area contributed by atoms with Crippen molar-refractivity contribution in [2.75, 3.05) is 23.7 Å². The van der Waals surface area contributed by atoms with Crippen LogP contribution in [0.2, 0.25) is 5.02 Å². The van der Waals surface area contributed by atoms with Gasteiger partial charge in [-0.25, -0.2) is 8.42 Å². The van der Waals surface area contributed by atoms with Crippen LogP contribution in [-0.2, 0) is 14.8 Å². The highest BCUT2D eigenvalue weighted by molar-refractivity contribution is 7.92. The maximum Gasteiger partial charge on any atom is 0.235 e. The molecular weight excluding hydrogens is 308 g/mol. The third-order valence-corrected chi connectivity index (χ3v) is 3.90. The predicted octanol–water partition coefficient (Wildman–Crippen LogP) is 1.75. The van der Waals surface area contributed by atoms with Gasteiger partial charge in [-0.2, -0.15) is 0 Å². The van der Waals surface area contributed by atoms with Crippen molar-refractivity contribution in [3.8, 4) is 0 Å². The fraction of sp³-hybridized carbons (Fsp3) is 0.364. The van der Waals surface area contributed by atoms with E-state index in [1.165, 1.54) is 6.07 Å². The maximum atomic E-state index is 11.8. The first-order valence-electron chi connectivity index (χ1n) is 5.53. The van der Waals surface area contributed by atoms with Crippen LogP contribution >= 0.6 is 23.8 Å². The first-order valence-corrected chi connectivity index (χ1v) is 7.97. The monoisotopic (exact) mass is 322 g/mol. The number of rotatable bonds is 7. The molecule has 1 rings (SSSR count). The summed E-state index contributed by atoms with van der Waals surface area (Å²) in [7, 11) is -3.53. The normalized spacial score (nSPS) is 11.3. The summed E-state index contributed by atoms with van der Waals surface area (Å²) in [4.78, 5) is 0.0965. The fourth-order valence-electron chi connectivity index (χ4n) is 1.35. The predicted molar refractivity (Wildman–Crippen MR) is 81.2 cm³/mol. The topological polar surface area (TPSA) is 81.4 Å². The molecule has 0 spiro atoms. The van der Waals surface area contributed by atoms with Gasteiger partial charge in [0.25, 0.3) is 0 Å². The SMILES string of the molecule is CCOCCS(=O)(=O)Nc1cc(Cl)ccc1C(N)=S. The summed E-state index contributed by atoms with van der Waals surface area (Å²) in [6.45, 7) is 2.38. The van der Waals surface area contributed by atoms with E-state index >= 15 is 0 Å². The molecule has 0 atom stereocenters. The lowest BCUT2D eigenvalue weighted by Gasteiger charge is -2.12. The number of nitrogens with one attached hydrogen (secondary N) is 1. The maximum absolute atomic E-state index is 11.8.